The van der Waals surface area contributed by atoms with E-state index in [4.69, 9.17) is 9.47 Å². The predicted molar refractivity (Wildman–Crippen MR) is 99.4 cm³/mol. The third kappa shape index (κ3) is 6.11. The lowest BCUT2D eigenvalue weighted by Crippen LogP contribution is -2.42. The van der Waals surface area contributed by atoms with E-state index < -0.39 is 23.2 Å². The Balaban J connectivity index is 2.62. The van der Waals surface area contributed by atoms with E-state index in [1.807, 2.05) is 0 Å². The van der Waals surface area contributed by atoms with Crippen LogP contribution in [0.3, 0.4) is 0 Å². The minimum Gasteiger partial charge on any atom is -0.465 e. The van der Waals surface area contributed by atoms with E-state index in [0.29, 0.717) is 6.61 Å². The molecule has 0 N–H and O–H groups in total. The summed E-state index contributed by atoms with van der Waals surface area (Å²) in [5, 5.41) is 0. The summed E-state index contributed by atoms with van der Waals surface area (Å²) in [4.78, 5) is 25.2. The van der Waals surface area contributed by atoms with Crippen molar-refractivity contribution in [1.29, 1.82) is 0 Å². The molecule has 0 bridgehead atoms. The molecule has 0 heterocycles. The van der Waals surface area contributed by atoms with Gasteiger partial charge in [-0.3, -0.25) is 9.59 Å². The Labute approximate surface area is 156 Å². The maximum atomic E-state index is 13.7. The van der Waals surface area contributed by atoms with Crippen LogP contribution >= 0.6 is 0 Å². The van der Waals surface area contributed by atoms with Gasteiger partial charge in [0.2, 0.25) is 0 Å². The second-order valence-electron chi connectivity index (χ2n) is 6.51. The van der Waals surface area contributed by atoms with Crippen molar-refractivity contribution in [2.75, 3.05) is 6.61 Å². The van der Waals surface area contributed by atoms with Gasteiger partial charge in [0.1, 0.15) is 0 Å². The Morgan fingerprint density at radius 3 is 2.15 bits per heavy atom. The fourth-order valence-electron chi connectivity index (χ4n) is 2.82. The number of benzene rings is 1. The van der Waals surface area contributed by atoms with Crippen molar-refractivity contribution in [2.45, 2.75) is 72.1 Å². The number of unbranched alkanes of at least 4 members (excludes halogenated alkanes) is 5. The maximum Gasteiger partial charge on any atom is 0.328 e. The molecule has 0 aliphatic carbocycles. The van der Waals surface area contributed by atoms with Crippen molar-refractivity contribution < 1.29 is 23.5 Å². The van der Waals surface area contributed by atoms with E-state index in [-0.39, 0.29) is 18.6 Å². The van der Waals surface area contributed by atoms with Crippen LogP contribution in [0.1, 0.15) is 72.1 Å². The first kappa shape index (κ1) is 22.1. The lowest BCUT2D eigenvalue weighted by Gasteiger charge is -2.26. The summed E-state index contributed by atoms with van der Waals surface area (Å²) in [6, 6.07) is 5.65. The molecule has 1 aromatic rings. The first-order valence-electron chi connectivity index (χ1n) is 9.65. The van der Waals surface area contributed by atoms with Crippen molar-refractivity contribution in [3.63, 3.8) is 0 Å². The topological polar surface area (TPSA) is 52.6 Å². The lowest BCUT2D eigenvalue weighted by atomic mass is 9.82. The number of para-hydroxylation sites is 1. The Kier molecular flexibility index (Phi) is 9.92. The van der Waals surface area contributed by atoms with Gasteiger partial charge in [0.25, 0.3) is 0 Å². The van der Waals surface area contributed by atoms with Gasteiger partial charge in [0.05, 0.1) is 6.61 Å². The zero-order valence-corrected chi connectivity index (χ0v) is 16.2. The number of hydrogen-bond donors (Lipinski definition) is 0. The average Bonchev–Trinajstić information content (AvgIpc) is 2.64. The molecule has 4 nitrogen and oxygen atoms in total. The van der Waals surface area contributed by atoms with Gasteiger partial charge >= 0.3 is 11.9 Å². The molecule has 0 amide bonds. The molecule has 0 aliphatic heterocycles. The molecule has 0 aromatic heterocycles. The SMILES string of the molecule is CCCCCCCCOC(=O)C(CC)(CC)C(=O)Oc1ccccc1F. The number of carbonyl (C=O) groups excluding carboxylic acids is 2. The third-order valence-electron chi connectivity index (χ3n) is 4.76. The zero-order chi connectivity index (χ0) is 19.4. The minimum absolute atomic E-state index is 0.174. The highest BCUT2D eigenvalue weighted by Crippen LogP contribution is 2.31. The van der Waals surface area contributed by atoms with E-state index in [1.54, 1.807) is 19.9 Å². The van der Waals surface area contributed by atoms with Crippen molar-refractivity contribution in [2.24, 2.45) is 5.41 Å². The maximum absolute atomic E-state index is 13.7. The predicted octanol–water partition coefficient (Wildman–Crippen LogP) is 5.44. The van der Waals surface area contributed by atoms with E-state index in [9.17, 15) is 14.0 Å². The van der Waals surface area contributed by atoms with Crippen LogP contribution in [0.4, 0.5) is 4.39 Å². The molecular formula is C21H31FO4. The molecule has 0 unspecified atom stereocenters. The molecule has 0 saturated heterocycles. The highest BCUT2D eigenvalue weighted by atomic mass is 19.1. The van der Waals surface area contributed by atoms with Crippen molar-refractivity contribution >= 4 is 11.9 Å². The van der Waals surface area contributed by atoms with Crippen molar-refractivity contribution in [3.05, 3.63) is 30.1 Å². The number of rotatable bonds is 12. The first-order chi connectivity index (χ1) is 12.5. The molecule has 1 aromatic carbocycles. The van der Waals surface area contributed by atoms with Gasteiger partial charge in [-0.15, -0.1) is 0 Å². The number of halogens is 1. The van der Waals surface area contributed by atoms with Crippen LogP contribution < -0.4 is 4.74 Å². The number of esters is 2. The second-order valence-corrected chi connectivity index (χ2v) is 6.51. The molecule has 0 aliphatic rings. The van der Waals surface area contributed by atoms with Crippen LogP contribution in [0.15, 0.2) is 24.3 Å². The first-order valence-corrected chi connectivity index (χ1v) is 9.65. The van der Waals surface area contributed by atoms with Crippen LogP contribution in [0.25, 0.3) is 0 Å². The van der Waals surface area contributed by atoms with Gasteiger partial charge in [-0.2, -0.15) is 0 Å². The second kappa shape index (κ2) is 11.7. The minimum atomic E-state index is -1.40. The van der Waals surface area contributed by atoms with Crippen LogP contribution in [-0.2, 0) is 14.3 Å². The Morgan fingerprint density at radius 1 is 0.923 bits per heavy atom. The molecule has 0 atom stereocenters. The standard InChI is InChI=1S/C21H31FO4/c1-4-7-8-9-10-13-16-25-19(23)21(5-2,6-3)20(24)26-18-15-12-11-14-17(18)22/h11-12,14-15H,4-10,13,16H2,1-3H3. The molecule has 5 heteroatoms. The van der Waals surface area contributed by atoms with Crippen LogP contribution in [0.2, 0.25) is 0 Å². The zero-order valence-electron chi connectivity index (χ0n) is 16.2. The van der Waals surface area contributed by atoms with E-state index in [2.05, 4.69) is 6.92 Å². The summed E-state index contributed by atoms with van der Waals surface area (Å²) in [7, 11) is 0. The van der Waals surface area contributed by atoms with Gasteiger partial charge in [-0.25, -0.2) is 4.39 Å². The number of ether oxygens (including phenoxy) is 2. The molecular weight excluding hydrogens is 335 g/mol. The number of hydrogen-bond acceptors (Lipinski definition) is 4. The summed E-state index contributed by atoms with van der Waals surface area (Å²) in [6.45, 7) is 5.92. The van der Waals surface area contributed by atoms with Gasteiger partial charge in [-0.1, -0.05) is 65.0 Å². The molecule has 0 radical (unpaired) electrons. The van der Waals surface area contributed by atoms with Gasteiger partial charge < -0.3 is 9.47 Å². The molecule has 26 heavy (non-hydrogen) atoms. The highest BCUT2D eigenvalue weighted by molar-refractivity contribution is 6.00. The fraction of sp³-hybridized carbons (Fsp3) is 0.619. The number of carbonyl (C=O) groups is 2. The summed E-state index contributed by atoms with van der Waals surface area (Å²) >= 11 is 0. The summed E-state index contributed by atoms with van der Waals surface area (Å²) in [6.07, 6.45) is 6.98. The van der Waals surface area contributed by atoms with Crippen molar-refractivity contribution in [1.82, 2.24) is 0 Å². The lowest BCUT2D eigenvalue weighted by molar-refractivity contribution is -0.168. The van der Waals surface area contributed by atoms with Gasteiger partial charge in [0.15, 0.2) is 17.0 Å². The smallest absolute Gasteiger partial charge is 0.328 e. The molecule has 0 fully saturated rings. The molecule has 1 rings (SSSR count). The third-order valence-corrected chi connectivity index (χ3v) is 4.76. The summed E-state index contributed by atoms with van der Waals surface area (Å²) < 4.78 is 24.3. The molecule has 0 spiro atoms. The normalized spacial score (nSPS) is 11.2. The highest BCUT2D eigenvalue weighted by Gasteiger charge is 2.46. The van der Waals surface area contributed by atoms with Gasteiger partial charge in [0, 0.05) is 0 Å². The Bertz CT molecular complexity index is 567. The van der Waals surface area contributed by atoms with Crippen LogP contribution in [0, 0.1) is 11.2 Å². The quantitative estimate of drug-likeness (QED) is 0.214. The van der Waals surface area contributed by atoms with Crippen LogP contribution in [0.5, 0.6) is 5.75 Å². The average molecular weight is 366 g/mol. The van der Waals surface area contributed by atoms with E-state index in [1.165, 1.54) is 37.5 Å². The monoisotopic (exact) mass is 366 g/mol. The fourth-order valence-corrected chi connectivity index (χ4v) is 2.82. The van der Waals surface area contributed by atoms with Gasteiger partial charge in [-0.05, 0) is 31.4 Å². The van der Waals surface area contributed by atoms with E-state index >= 15 is 0 Å². The Hall–Kier alpha value is -1.91. The van der Waals surface area contributed by atoms with E-state index in [0.717, 1.165) is 19.3 Å². The summed E-state index contributed by atoms with van der Waals surface area (Å²) in [5.74, 6) is -2.16. The summed E-state index contributed by atoms with van der Waals surface area (Å²) in [5.41, 5.74) is -1.40. The largest absolute Gasteiger partial charge is 0.465 e. The molecule has 0 saturated carbocycles. The Morgan fingerprint density at radius 2 is 1.54 bits per heavy atom. The van der Waals surface area contributed by atoms with Crippen molar-refractivity contribution in [3.8, 4) is 5.75 Å². The van der Waals surface area contributed by atoms with Crippen LogP contribution in [-0.4, -0.2) is 18.5 Å². The molecule has 146 valence electrons.